The van der Waals surface area contributed by atoms with Gasteiger partial charge in [-0.25, -0.2) is 0 Å². The van der Waals surface area contributed by atoms with Crippen molar-refractivity contribution < 1.29 is 23.0 Å². The van der Waals surface area contributed by atoms with Gasteiger partial charge in [0, 0.05) is 7.11 Å². The summed E-state index contributed by atoms with van der Waals surface area (Å²) >= 11 is 0. The Balaban J connectivity index is 0.00000288. The van der Waals surface area contributed by atoms with E-state index in [0.717, 1.165) is 0 Å². The molecular formula is C16H23ClF2N2O3. The number of hydrogen-bond acceptors (Lipinski definition) is 4. The van der Waals surface area contributed by atoms with Gasteiger partial charge < -0.3 is 20.1 Å². The monoisotopic (exact) mass is 364 g/mol. The highest BCUT2D eigenvalue weighted by Gasteiger charge is 2.40. The molecule has 2 rings (SSSR count). The second-order valence-corrected chi connectivity index (χ2v) is 5.59. The minimum Gasteiger partial charge on any atom is -0.435 e. The number of piperidine rings is 1. The van der Waals surface area contributed by atoms with E-state index in [0.29, 0.717) is 31.5 Å². The molecule has 0 aromatic heterocycles. The number of rotatable bonds is 6. The molecule has 2 N–H and O–H groups in total. The maximum atomic E-state index is 12.6. The van der Waals surface area contributed by atoms with E-state index in [2.05, 4.69) is 15.4 Å². The average Bonchev–Trinajstić information content (AvgIpc) is 2.55. The molecule has 1 amide bonds. The fraction of sp³-hybridized carbons (Fsp3) is 0.562. The Hall–Kier alpha value is -1.44. The van der Waals surface area contributed by atoms with Crippen LogP contribution >= 0.6 is 12.4 Å². The minimum atomic E-state index is -2.87. The van der Waals surface area contributed by atoms with Crippen LogP contribution in [-0.4, -0.2) is 38.3 Å². The number of benzene rings is 1. The number of ether oxygens (including phenoxy) is 2. The zero-order chi connectivity index (χ0) is 16.9. The summed E-state index contributed by atoms with van der Waals surface area (Å²) in [7, 11) is 1.53. The highest BCUT2D eigenvalue weighted by molar-refractivity contribution is 5.86. The third-order valence-corrected chi connectivity index (χ3v) is 4.15. The molecule has 1 aliphatic heterocycles. The minimum absolute atomic E-state index is 0. The van der Waals surface area contributed by atoms with Crippen LogP contribution < -0.4 is 15.4 Å². The lowest BCUT2D eigenvalue weighted by molar-refractivity contribution is -0.147. The highest BCUT2D eigenvalue weighted by Crippen LogP contribution is 2.25. The lowest BCUT2D eigenvalue weighted by Crippen LogP contribution is -2.54. The molecule has 5 nitrogen and oxygen atoms in total. The second kappa shape index (κ2) is 9.15. The third-order valence-electron chi connectivity index (χ3n) is 4.15. The molecule has 1 atom stereocenters. The molecule has 1 saturated heterocycles. The topological polar surface area (TPSA) is 59.6 Å². The average molecular weight is 365 g/mol. The van der Waals surface area contributed by atoms with Crippen molar-refractivity contribution in [1.82, 2.24) is 10.6 Å². The Bertz CT molecular complexity index is 540. The summed E-state index contributed by atoms with van der Waals surface area (Å²) in [5.41, 5.74) is -0.145. The summed E-state index contributed by atoms with van der Waals surface area (Å²) < 4.78 is 34.4. The Morgan fingerprint density at radius 1 is 1.33 bits per heavy atom. The van der Waals surface area contributed by atoms with Gasteiger partial charge in [0.1, 0.15) is 11.4 Å². The van der Waals surface area contributed by atoms with Gasteiger partial charge in [-0.2, -0.15) is 8.78 Å². The van der Waals surface area contributed by atoms with Gasteiger partial charge in [0.2, 0.25) is 0 Å². The number of amides is 1. The van der Waals surface area contributed by atoms with E-state index >= 15 is 0 Å². The molecule has 8 heteroatoms. The van der Waals surface area contributed by atoms with E-state index in [1.54, 1.807) is 19.1 Å². The molecule has 1 aliphatic rings. The van der Waals surface area contributed by atoms with Gasteiger partial charge in [-0.3, -0.25) is 4.79 Å². The van der Waals surface area contributed by atoms with Crippen LogP contribution in [0.1, 0.15) is 31.4 Å². The SMILES string of the molecule is COC1(C(=O)NC(C)c2cccc(OC(F)F)c2)CCNCC1.Cl. The van der Waals surface area contributed by atoms with Crippen molar-refractivity contribution >= 4 is 18.3 Å². The normalized spacial score (nSPS) is 17.7. The fourth-order valence-electron chi connectivity index (χ4n) is 2.73. The van der Waals surface area contributed by atoms with Crippen molar-refractivity contribution in [3.63, 3.8) is 0 Å². The molecule has 1 aromatic carbocycles. The summed E-state index contributed by atoms with van der Waals surface area (Å²) in [6.45, 7) is 0.353. The lowest BCUT2D eigenvalue weighted by atomic mass is 9.90. The van der Waals surface area contributed by atoms with Crippen LogP contribution in [-0.2, 0) is 9.53 Å². The first kappa shape index (κ1) is 20.6. The molecule has 1 heterocycles. The summed E-state index contributed by atoms with van der Waals surface area (Å²) in [6, 6.07) is 5.98. The maximum Gasteiger partial charge on any atom is 0.387 e. The van der Waals surface area contributed by atoms with E-state index in [-0.39, 0.29) is 30.1 Å². The van der Waals surface area contributed by atoms with Gasteiger partial charge in [0.05, 0.1) is 6.04 Å². The van der Waals surface area contributed by atoms with Crippen LogP contribution in [0.25, 0.3) is 0 Å². The van der Waals surface area contributed by atoms with Gasteiger partial charge in [-0.15, -0.1) is 12.4 Å². The van der Waals surface area contributed by atoms with Crippen molar-refractivity contribution in [3.05, 3.63) is 29.8 Å². The van der Waals surface area contributed by atoms with E-state index in [1.165, 1.54) is 19.2 Å². The number of methoxy groups -OCH3 is 1. The number of alkyl halides is 2. The third kappa shape index (κ3) is 5.03. The zero-order valence-corrected chi connectivity index (χ0v) is 14.5. The summed E-state index contributed by atoms with van der Waals surface area (Å²) in [5, 5.41) is 6.10. The van der Waals surface area contributed by atoms with Crippen LogP contribution in [0.2, 0.25) is 0 Å². The van der Waals surface area contributed by atoms with E-state index in [4.69, 9.17) is 4.74 Å². The van der Waals surface area contributed by atoms with Crippen LogP contribution in [0, 0.1) is 0 Å². The van der Waals surface area contributed by atoms with Crippen molar-refractivity contribution in [2.24, 2.45) is 0 Å². The van der Waals surface area contributed by atoms with Crippen LogP contribution in [0.15, 0.2) is 24.3 Å². The zero-order valence-electron chi connectivity index (χ0n) is 13.7. The van der Waals surface area contributed by atoms with Crippen LogP contribution in [0.4, 0.5) is 8.78 Å². The number of nitrogens with one attached hydrogen (secondary N) is 2. The summed E-state index contributed by atoms with van der Waals surface area (Å²) in [5.74, 6) is -0.115. The van der Waals surface area contributed by atoms with Crippen molar-refractivity contribution in [1.29, 1.82) is 0 Å². The molecule has 1 unspecified atom stereocenters. The maximum absolute atomic E-state index is 12.6. The molecule has 0 saturated carbocycles. The van der Waals surface area contributed by atoms with Crippen molar-refractivity contribution in [2.75, 3.05) is 20.2 Å². The van der Waals surface area contributed by atoms with Crippen molar-refractivity contribution in [2.45, 2.75) is 38.0 Å². The van der Waals surface area contributed by atoms with Crippen LogP contribution in [0.5, 0.6) is 5.75 Å². The largest absolute Gasteiger partial charge is 0.435 e. The van der Waals surface area contributed by atoms with Gasteiger partial charge >= 0.3 is 6.61 Å². The second-order valence-electron chi connectivity index (χ2n) is 5.59. The Morgan fingerprint density at radius 3 is 2.58 bits per heavy atom. The number of carbonyl (C=O) groups is 1. The molecule has 136 valence electrons. The molecule has 0 spiro atoms. The molecular weight excluding hydrogens is 342 g/mol. The van der Waals surface area contributed by atoms with Gasteiger partial charge in [0.25, 0.3) is 5.91 Å². The molecule has 1 fully saturated rings. The number of halogens is 3. The van der Waals surface area contributed by atoms with E-state index < -0.39 is 12.2 Å². The first-order valence-electron chi connectivity index (χ1n) is 7.58. The first-order valence-corrected chi connectivity index (χ1v) is 7.58. The Morgan fingerprint density at radius 2 is 2.00 bits per heavy atom. The van der Waals surface area contributed by atoms with Crippen LogP contribution in [0.3, 0.4) is 0 Å². The number of hydrogen-bond donors (Lipinski definition) is 2. The van der Waals surface area contributed by atoms with E-state index in [1.807, 2.05) is 0 Å². The van der Waals surface area contributed by atoms with Gasteiger partial charge in [-0.1, -0.05) is 12.1 Å². The van der Waals surface area contributed by atoms with Gasteiger partial charge in [0.15, 0.2) is 0 Å². The number of carbonyl (C=O) groups excluding carboxylic acids is 1. The lowest BCUT2D eigenvalue weighted by Gasteiger charge is -2.35. The highest BCUT2D eigenvalue weighted by atomic mass is 35.5. The molecule has 24 heavy (non-hydrogen) atoms. The molecule has 0 bridgehead atoms. The van der Waals surface area contributed by atoms with Gasteiger partial charge in [-0.05, 0) is 50.6 Å². The molecule has 0 aliphatic carbocycles. The fourth-order valence-corrected chi connectivity index (χ4v) is 2.73. The predicted molar refractivity (Wildman–Crippen MR) is 88.7 cm³/mol. The predicted octanol–water partition coefficient (Wildman–Crippen LogP) is 2.66. The summed E-state index contributed by atoms with van der Waals surface area (Å²) in [6.07, 6.45) is 1.19. The van der Waals surface area contributed by atoms with Crippen molar-refractivity contribution in [3.8, 4) is 5.75 Å². The summed E-state index contributed by atoms with van der Waals surface area (Å²) in [4.78, 5) is 12.6. The smallest absolute Gasteiger partial charge is 0.387 e. The molecule has 1 aromatic rings. The quantitative estimate of drug-likeness (QED) is 0.814. The Labute approximate surface area is 146 Å². The molecule has 0 radical (unpaired) electrons. The van der Waals surface area contributed by atoms with E-state index in [9.17, 15) is 13.6 Å². The first-order chi connectivity index (χ1) is 11.0. The Kier molecular flexibility index (Phi) is 7.86. The standard InChI is InChI=1S/C16H22F2N2O3.ClH/c1-11(12-4-3-5-13(10-12)23-15(17)18)20-14(21)16(22-2)6-8-19-9-7-16;/h3-5,10-11,15,19H,6-9H2,1-2H3,(H,20,21);1H.